The van der Waals surface area contributed by atoms with E-state index in [1.165, 1.54) is 21.3 Å². The lowest BCUT2D eigenvalue weighted by Crippen LogP contribution is -2.65. The molecule has 0 spiro atoms. The van der Waals surface area contributed by atoms with Crippen molar-refractivity contribution in [3.63, 3.8) is 0 Å². The zero-order chi connectivity index (χ0) is 14.5. The second-order valence-electron chi connectivity index (χ2n) is 4.64. The van der Waals surface area contributed by atoms with Gasteiger partial charge in [0.05, 0.1) is 7.11 Å². The fourth-order valence-corrected chi connectivity index (χ4v) is 5.73. The largest absolute Gasteiger partial charge is 0.468 e. The first kappa shape index (κ1) is 15.2. The molecule has 0 aromatic rings. The van der Waals surface area contributed by atoms with Crippen LogP contribution in [0.2, 0.25) is 0 Å². The van der Waals surface area contributed by atoms with Crippen LogP contribution in [0.25, 0.3) is 0 Å². The minimum absolute atomic E-state index is 0.154. The minimum atomic E-state index is -1.49. The molecule has 3 atom stereocenters. The number of carbonyl (C=O) groups is 2. The Bertz CT molecular complexity index is 427. The van der Waals surface area contributed by atoms with Gasteiger partial charge in [-0.2, -0.15) is 0 Å². The molecule has 108 valence electrons. The first-order chi connectivity index (χ1) is 8.84. The van der Waals surface area contributed by atoms with E-state index in [0.717, 1.165) is 0 Å². The third-order valence-electron chi connectivity index (χ3n) is 4.01. The molecule has 1 saturated heterocycles. The van der Waals surface area contributed by atoms with E-state index in [2.05, 4.69) is 37.2 Å². The van der Waals surface area contributed by atoms with Gasteiger partial charge >= 0.3 is 5.97 Å². The highest BCUT2D eigenvalue weighted by Crippen LogP contribution is 2.62. The lowest BCUT2D eigenvalue weighted by Gasteiger charge is -2.43. The van der Waals surface area contributed by atoms with E-state index >= 15 is 0 Å². The van der Waals surface area contributed by atoms with Gasteiger partial charge in [-0.1, -0.05) is 31.9 Å². The Labute approximate surface area is 127 Å². The summed E-state index contributed by atoms with van der Waals surface area (Å²) in [6.45, 7) is 0.447. The standard InChI is InChI=1S/C11H15Br2NO5/c1-17-8(16)9(12)4-6-5-14-7(15)10(6,13)11(9,18-2)19-3/h6H,4-5H2,1-3H3,(H,14,15)/t6-,9-,10+/m1/s1. The van der Waals surface area contributed by atoms with Crippen LogP contribution in [-0.2, 0) is 23.8 Å². The second kappa shape index (κ2) is 4.68. The number of hydrogen-bond acceptors (Lipinski definition) is 5. The summed E-state index contributed by atoms with van der Waals surface area (Å²) in [5.41, 5.74) is 0. The van der Waals surface area contributed by atoms with Crippen LogP contribution < -0.4 is 5.32 Å². The highest BCUT2D eigenvalue weighted by atomic mass is 79.9. The number of carbonyl (C=O) groups excluding carboxylic acids is 2. The number of fused-ring (bicyclic) bond motifs is 1. The number of ether oxygens (including phenoxy) is 3. The average molecular weight is 401 g/mol. The van der Waals surface area contributed by atoms with Crippen molar-refractivity contribution < 1.29 is 23.8 Å². The molecule has 1 N–H and O–H groups in total. The molecule has 1 amide bonds. The van der Waals surface area contributed by atoms with Crippen molar-refractivity contribution >= 4 is 43.7 Å². The van der Waals surface area contributed by atoms with E-state index in [9.17, 15) is 9.59 Å². The molecule has 1 saturated carbocycles. The van der Waals surface area contributed by atoms with Crippen molar-refractivity contribution in [1.29, 1.82) is 0 Å². The Morgan fingerprint density at radius 1 is 1.32 bits per heavy atom. The molecular formula is C11H15Br2NO5. The minimum Gasteiger partial charge on any atom is -0.468 e. The quantitative estimate of drug-likeness (QED) is 0.426. The van der Waals surface area contributed by atoms with Gasteiger partial charge in [0.2, 0.25) is 11.7 Å². The van der Waals surface area contributed by atoms with Crippen molar-refractivity contribution in [1.82, 2.24) is 5.32 Å². The molecule has 0 unspecified atom stereocenters. The number of alkyl halides is 2. The summed E-state index contributed by atoms with van der Waals surface area (Å²) in [5.74, 6) is -2.43. The molecule has 2 rings (SSSR count). The van der Waals surface area contributed by atoms with Crippen LogP contribution >= 0.6 is 31.9 Å². The monoisotopic (exact) mass is 399 g/mol. The summed E-state index contributed by atoms with van der Waals surface area (Å²) in [7, 11) is 4.09. The van der Waals surface area contributed by atoms with Gasteiger partial charge in [0.25, 0.3) is 0 Å². The van der Waals surface area contributed by atoms with Gasteiger partial charge in [-0.15, -0.1) is 0 Å². The molecule has 0 bridgehead atoms. The van der Waals surface area contributed by atoms with Crippen LogP contribution in [0.1, 0.15) is 6.42 Å². The molecule has 2 fully saturated rings. The van der Waals surface area contributed by atoms with E-state index in [1.54, 1.807) is 0 Å². The number of hydrogen-bond donors (Lipinski definition) is 1. The van der Waals surface area contributed by atoms with E-state index < -0.39 is 20.4 Å². The number of esters is 1. The Morgan fingerprint density at radius 2 is 1.89 bits per heavy atom. The zero-order valence-electron chi connectivity index (χ0n) is 10.8. The smallest absolute Gasteiger partial charge is 0.328 e. The predicted octanol–water partition coefficient (Wildman–Crippen LogP) is 0.566. The third-order valence-corrected chi connectivity index (χ3v) is 6.71. The van der Waals surface area contributed by atoms with Crippen molar-refractivity contribution in [2.75, 3.05) is 27.9 Å². The molecule has 1 aliphatic heterocycles. The van der Waals surface area contributed by atoms with Crippen LogP contribution in [0.15, 0.2) is 0 Å². The number of halogens is 2. The van der Waals surface area contributed by atoms with E-state index in [0.29, 0.717) is 13.0 Å². The molecule has 0 radical (unpaired) electrons. The fourth-order valence-electron chi connectivity index (χ4n) is 3.15. The first-order valence-electron chi connectivity index (χ1n) is 5.69. The summed E-state index contributed by atoms with van der Waals surface area (Å²) in [4.78, 5) is 24.4. The van der Waals surface area contributed by atoms with Gasteiger partial charge in [-0.25, -0.2) is 0 Å². The van der Waals surface area contributed by atoms with Gasteiger partial charge in [-0.05, 0) is 6.42 Å². The lowest BCUT2D eigenvalue weighted by molar-refractivity contribution is -0.231. The topological polar surface area (TPSA) is 73.9 Å². The summed E-state index contributed by atoms with van der Waals surface area (Å²) >= 11 is 6.85. The molecule has 1 heterocycles. The van der Waals surface area contributed by atoms with Crippen molar-refractivity contribution in [2.24, 2.45) is 5.92 Å². The summed E-state index contributed by atoms with van der Waals surface area (Å²) in [6.07, 6.45) is 0.353. The van der Waals surface area contributed by atoms with Gasteiger partial charge in [0.15, 0.2) is 8.65 Å². The Kier molecular flexibility index (Phi) is 3.75. The normalized spacial score (nSPS) is 39.8. The molecule has 0 aromatic heterocycles. The Morgan fingerprint density at radius 3 is 2.37 bits per heavy atom. The van der Waals surface area contributed by atoms with E-state index in [1.807, 2.05) is 0 Å². The van der Waals surface area contributed by atoms with E-state index in [4.69, 9.17) is 14.2 Å². The molecule has 2 aliphatic rings. The van der Waals surface area contributed by atoms with Crippen LogP contribution in [0.4, 0.5) is 0 Å². The third kappa shape index (κ3) is 1.54. The number of amides is 1. The zero-order valence-corrected chi connectivity index (χ0v) is 14.0. The maximum atomic E-state index is 12.2. The van der Waals surface area contributed by atoms with Gasteiger partial charge in [0, 0.05) is 26.7 Å². The SMILES string of the molecule is COC(=O)[C@]1(Br)C[C@@H]2CNC(=O)[C@]2(Br)C1(OC)OC. The molecule has 0 aromatic carbocycles. The highest BCUT2D eigenvalue weighted by Gasteiger charge is 2.80. The highest BCUT2D eigenvalue weighted by molar-refractivity contribution is 9.11. The van der Waals surface area contributed by atoms with Crippen molar-refractivity contribution in [2.45, 2.75) is 20.9 Å². The van der Waals surface area contributed by atoms with Crippen LogP contribution in [-0.4, -0.2) is 54.2 Å². The van der Waals surface area contributed by atoms with Crippen LogP contribution in [0, 0.1) is 5.92 Å². The Hall–Kier alpha value is -0.180. The molecule has 8 heteroatoms. The van der Waals surface area contributed by atoms with Gasteiger partial charge < -0.3 is 19.5 Å². The predicted molar refractivity (Wildman–Crippen MR) is 73.2 cm³/mol. The average Bonchev–Trinajstić information content (AvgIpc) is 2.79. The first-order valence-corrected chi connectivity index (χ1v) is 7.27. The summed E-state index contributed by atoms with van der Waals surface area (Å²) < 4.78 is 13.5. The lowest BCUT2D eigenvalue weighted by atomic mass is 9.93. The molecule has 1 aliphatic carbocycles. The summed E-state index contributed by atoms with van der Waals surface area (Å²) in [5, 5.41) is 2.76. The molecule has 19 heavy (non-hydrogen) atoms. The van der Waals surface area contributed by atoms with E-state index in [-0.39, 0.29) is 11.8 Å². The molecular weight excluding hydrogens is 386 g/mol. The number of nitrogens with one attached hydrogen (secondary N) is 1. The van der Waals surface area contributed by atoms with Crippen LogP contribution in [0.5, 0.6) is 0 Å². The fraction of sp³-hybridized carbons (Fsp3) is 0.818. The van der Waals surface area contributed by atoms with Crippen molar-refractivity contribution in [3.05, 3.63) is 0 Å². The summed E-state index contributed by atoms with van der Waals surface area (Å²) in [6, 6.07) is 0. The van der Waals surface area contributed by atoms with Gasteiger partial charge in [0.1, 0.15) is 0 Å². The van der Waals surface area contributed by atoms with Gasteiger partial charge in [-0.3, -0.25) is 9.59 Å². The van der Waals surface area contributed by atoms with Crippen molar-refractivity contribution in [3.8, 4) is 0 Å². The number of methoxy groups -OCH3 is 3. The molecule has 6 nitrogen and oxygen atoms in total. The maximum absolute atomic E-state index is 12.2. The van der Waals surface area contributed by atoms with Crippen LogP contribution in [0.3, 0.4) is 0 Å². The number of rotatable bonds is 3. The Balaban J connectivity index is 2.62. The second-order valence-corrected chi connectivity index (χ2v) is 7.24. The maximum Gasteiger partial charge on any atom is 0.328 e.